The molecule has 0 radical (unpaired) electrons. The third kappa shape index (κ3) is 5.01. The average Bonchev–Trinajstić information content (AvgIpc) is 2.68. The first-order valence-corrected chi connectivity index (χ1v) is 8.86. The minimum atomic E-state index is 0.557. The third-order valence-corrected chi connectivity index (χ3v) is 5.25. The summed E-state index contributed by atoms with van der Waals surface area (Å²) in [5, 5.41) is 3.73. The summed E-state index contributed by atoms with van der Waals surface area (Å²) in [4.78, 5) is 5.20. The van der Waals surface area contributed by atoms with Gasteiger partial charge in [0.2, 0.25) is 0 Å². The number of nitrogens with zero attached hydrogens (tertiary/aromatic N) is 2. The molecule has 0 unspecified atom stereocenters. The summed E-state index contributed by atoms with van der Waals surface area (Å²) in [5.74, 6) is 0. The van der Waals surface area contributed by atoms with Crippen LogP contribution in [0.25, 0.3) is 0 Å². The fourth-order valence-electron chi connectivity index (χ4n) is 3.88. The van der Waals surface area contributed by atoms with E-state index in [0.29, 0.717) is 5.41 Å². The van der Waals surface area contributed by atoms with Gasteiger partial charge in [0.15, 0.2) is 0 Å². The van der Waals surface area contributed by atoms with Crippen LogP contribution in [-0.4, -0.2) is 62.7 Å². The first-order chi connectivity index (χ1) is 9.74. The van der Waals surface area contributed by atoms with Crippen molar-refractivity contribution in [2.24, 2.45) is 5.41 Å². The van der Waals surface area contributed by atoms with E-state index in [2.05, 4.69) is 29.1 Å². The van der Waals surface area contributed by atoms with E-state index in [1.165, 1.54) is 90.8 Å². The van der Waals surface area contributed by atoms with Crippen LogP contribution < -0.4 is 5.32 Å². The molecule has 1 N–H and O–H groups in total. The van der Waals surface area contributed by atoms with Gasteiger partial charge in [0, 0.05) is 39.3 Å². The number of nitrogens with one attached hydrogen (secondary N) is 1. The molecule has 3 heteroatoms. The molecular formula is C17H35N3. The molecule has 1 saturated heterocycles. The summed E-state index contributed by atoms with van der Waals surface area (Å²) in [7, 11) is 2.25. The second kappa shape index (κ2) is 8.35. The van der Waals surface area contributed by atoms with Gasteiger partial charge < -0.3 is 15.1 Å². The quantitative estimate of drug-likeness (QED) is 0.596. The Morgan fingerprint density at radius 1 is 0.950 bits per heavy atom. The zero-order valence-electron chi connectivity index (χ0n) is 13.8. The van der Waals surface area contributed by atoms with Gasteiger partial charge in [-0.3, -0.25) is 0 Å². The van der Waals surface area contributed by atoms with Crippen LogP contribution in [0.1, 0.15) is 51.9 Å². The van der Waals surface area contributed by atoms with Gasteiger partial charge in [-0.15, -0.1) is 0 Å². The highest BCUT2D eigenvalue weighted by Crippen LogP contribution is 2.35. The fourth-order valence-corrected chi connectivity index (χ4v) is 3.88. The standard InChI is InChI=1S/C17H35N3/c1-3-10-18-15-17(8-6-4-5-7-9-17)16-20-13-11-19(2)12-14-20/h18H,3-16H2,1-2H3. The Balaban J connectivity index is 1.90. The molecule has 2 aliphatic rings. The van der Waals surface area contributed by atoms with Gasteiger partial charge in [-0.05, 0) is 38.3 Å². The van der Waals surface area contributed by atoms with Gasteiger partial charge in [0.05, 0.1) is 0 Å². The molecule has 3 nitrogen and oxygen atoms in total. The lowest BCUT2D eigenvalue weighted by Crippen LogP contribution is -2.51. The lowest BCUT2D eigenvalue weighted by molar-refractivity contribution is 0.0840. The van der Waals surface area contributed by atoms with Gasteiger partial charge in [-0.2, -0.15) is 0 Å². The molecule has 118 valence electrons. The second-order valence-corrected chi connectivity index (χ2v) is 7.17. The first kappa shape index (κ1) is 16.3. The van der Waals surface area contributed by atoms with E-state index in [-0.39, 0.29) is 0 Å². The number of hydrogen-bond donors (Lipinski definition) is 1. The maximum Gasteiger partial charge on any atom is 0.0110 e. The van der Waals surface area contributed by atoms with Crippen molar-refractivity contribution in [2.45, 2.75) is 51.9 Å². The van der Waals surface area contributed by atoms with E-state index in [9.17, 15) is 0 Å². The van der Waals surface area contributed by atoms with Crippen molar-refractivity contribution in [3.05, 3.63) is 0 Å². The molecule has 1 saturated carbocycles. The van der Waals surface area contributed by atoms with E-state index in [4.69, 9.17) is 0 Å². The molecule has 2 rings (SSSR count). The first-order valence-electron chi connectivity index (χ1n) is 8.86. The Morgan fingerprint density at radius 3 is 2.20 bits per heavy atom. The van der Waals surface area contributed by atoms with E-state index in [0.717, 1.165) is 0 Å². The largest absolute Gasteiger partial charge is 0.316 e. The highest BCUT2D eigenvalue weighted by molar-refractivity contribution is 4.88. The average molecular weight is 281 g/mol. The van der Waals surface area contributed by atoms with Gasteiger partial charge in [0.1, 0.15) is 0 Å². The Kier molecular flexibility index (Phi) is 6.79. The monoisotopic (exact) mass is 281 g/mol. The Hall–Kier alpha value is -0.120. The molecule has 1 aliphatic heterocycles. The van der Waals surface area contributed by atoms with Crippen molar-refractivity contribution >= 4 is 0 Å². The van der Waals surface area contributed by atoms with E-state index >= 15 is 0 Å². The van der Waals surface area contributed by atoms with Crippen LogP contribution in [-0.2, 0) is 0 Å². The van der Waals surface area contributed by atoms with Crippen molar-refractivity contribution in [3.8, 4) is 0 Å². The zero-order valence-corrected chi connectivity index (χ0v) is 13.8. The molecule has 0 bridgehead atoms. The Labute approximate surface area is 126 Å². The molecule has 0 aromatic heterocycles. The highest BCUT2D eigenvalue weighted by atomic mass is 15.2. The van der Waals surface area contributed by atoms with Gasteiger partial charge >= 0.3 is 0 Å². The van der Waals surface area contributed by atoms with Crippen LogP contribution in [0.4, 0.5) is 0 Å². The van der Waals surface area contributed by atoms with Crippen LogP contribution in [0.15, 0.2) is 0 Å². The van der Waals surface area contributed by atoms with Crippen LogP contribution in [0, 0.1) is 5.41 Å². The number of rotatable bonds is 6. The minimum Gasteiger partial charge on any atom is -0.316 e. The van der Waals surface area contributed by atoms with Crippen molar-refractivity contribution < 1.29 is 0 Å². The predicted octanol–water partition coefficient (Wildman–Crippen LogP) is 2.57. The molecule has 0 atom stereocenters. The van der Waals surface area contributed by atoms with Crippen LogP contribution in [0.2, 0.25) is 0 Å². The zero-order chi connectivity index (χ0) is 14.3. The SMILES string of the molecule is CCCNCC1(CN2CCN(C)CC2)CCCCCC1. The number of likely N-dealkylation sites (N-methyl/N-ethyl adjacent to an activating group) is 1. The molecule has 0 spiro atoms. The molecule has 20 heavy (non-hydrogen) atoms. The molecule has 1 aliphatic carbocycles. The van der Waals surface area contributed by atoms with Crippen LogP contribution in [0.5, 0.6) is 0 Å². The van der Waals surface area contributed by atoms with Crippen LogP contribution in [0.3, 0.4) is 0 Å². The summed E-state index contributed by atoms with van der Waals surface area (Å²) in [6, 6.07) is 0. The molecule has 1 heterocycles. The smallest absolute Gasteiger partial charge is 0.0110 e. The topological polar surface area (TPSA) is 18.5 Å². The summed E-state index contributed by atoms with van der Waals surface area (Å²) < 4.78 is 0. The lowest BCUT2D eigenvalue weighted by Gasteiger charge is -2.41. The third-order valence-electron chi connectivity index (χ3n) is 5.25. The predicted molar refractivity (Wildman–Crippen MR) is 87.2 cm³/mol. The summed E-state index contributed by atoms with van der Waals surface area (Å²) in [6.45, 7) is 11.1. The van der Waals surface area contributed by atoms with E-state index in [1.54, 1.807) is 0 Å². The van der Waals surface area contributed by atoms with Gasteiger partial charge in [0.25, 0.3) is 0 Å². The lowest BCUT2D eigenvalue weighted by atomic mass is 9.79. The molecule has 0 amide bonds. The second-order valence-electron chi connectivity index (χ2n) is 7.17. The van der Waals surface area contributed by atoms with Gasteiger partial charge in [-0.1, -0.05) is 32.6 Å². The van der Waals surface area contributed by atoms with Crippen molar-refractivity contribution in [1.29, 1.82) is 0 Å². The minimum absolute atomic E-state index is 0.557. The van der Waals surface area contributed by atoms with E-state index < -0.39 is 0 Å². The number of piperazine rings is 1. The Bertz CT molecular complexity index is 251. The van der Waals surface area contributed by atoms with E-state index in [1.807, 2.05) is 0 Å². The van der Waals surface area contributed by atoms with Crippen molar-refractivity contribution in [3.63, 3.8) is 0 Å². The summed E-state index contributed by atoms with van der Waals surface area (Å²) >= 11 is 0. The maximum atomic E-state index is 3.73. The molecule has 0 aromatic carbocycles. The Morgan fingerprint density at radius 2 is 1.60 bits per heavy atom. The highest BCUT2D eigenvalue weighted by Gasteiger charge is 2.33. The fraction of sp³-hybridized carbons (Fsp3) is 1.00. The molecule has 0 aromatic rings. The van der Waals surface area contributed by atoms with Crippen LogP contribution >= 0.6 is 0 Å². The maximum absolute atomic E-state index is 3.73. The summed E-state index contributed by atoms with van der Waals surface area (Å²) in [5.41, 5.74) is 0.557. The van der Waals surface area contributed by atoms with Crippen molar-refractivity contribution in [1.82, 2.24) is 15.1 Å². The molecule has 2 fully saturated rings. The molecular weight excluding hydrogens is 246 g/mol. The normalized spacial score (nSPS) is 25.5. The number of hydrogen-bond acceptors (Lipinski definition) is 3. The van der Waals surface area contributed by atoms with Gasteiger partial charge in [-0.25, -0.2) is 0 Å². The van der Waals surface area contributed by atoms with Crippen molar-refractivity contribution in [2.75, 3.05) is 52.9 Å². The summed E-state index contributed by atoms with van der Waals surface area (Å²) in [6.07, 6.45) is 9.94.